The first-order chi connectivity index (χ1) is 10.1. The number of hydrogen-bond acceptors (Lipinski definition) is 4. The van der Waals surface area contributed by atoms with E-state index >= 15 is 0 Å². The number of piperidine rings is 1. The molecule has 1 aromatic carbocycles. The highest BCUT2D eigenvalue weighted by molar-refractivity contribution is 7.21. The van der Waals surface area contributed by atoms with Crippen LogP contribution in [-0.2, 0) is 0 Å². The Hall–Kier alpha value is -1.21. The van der Waals surface area contributed by atoms with Crippen molar-refractivity contribution in [3.8, 4) is 0 Å². The number of hydrogen-bond donors (Lipinski definition) is 3. The van der Waals surface area contributed by atoms with Crippen LogP contribution in [0.15, 0.2) is 18.2 Å². The Kier molecular flexibility index (Phi) is 4.12. The molecule has 0 radical (unpaired) electrons. The number of nitrogens with one attached hydrogen (secondary N) is 2. The zero-order valence-electron chi connectivity index (χ0n) is 11.0. The summed E-state index contributed by atoms with van der Waals surface area (Å²) >= 11 is 7.29. The molecule has 3 N–H and O–H groups in total. The van der Waals surface area contributed by atoms with Crippen LogP contribution < -0.4 is 10.6 Å². The molecule has 1 aliphatic rings. The molecule has 0 unspecified atom stereocenters. The lowest BCUT2D eigenvalue weighted by Gasteiger charge is -2.28. The second-order valence-electron chi connectivity index (χ2n) is 5.00. The van der Waals surface area contributed by atoms with Gasteiger partial charge in [0.15, 0.2) is 0 Å². The van der Waals surface area contributed by atoms with Crippen LogP contribution in [0.2, 0.25) is 5.02 Å². The zero-order chi connectivity index (χ0) is 15.0. The predicted molar refractivity (Wildman–Crippen MR) is 81.5 cm³/mol. The standard InChI is InChI=1S/C14H14ClFN2O2S/c15-12-11-7(16)2-1-3-10(11)21-13(12)14(20)18-8-6-17-5-4-9(8)19/h1-3,8-9,17,19H,4-6H2,(H,18,20)/t8-,9-/m1/s1. The highest BCUT2D eigenvalue weighted by atomic mass is 35.5. The van der Waals surface area contributed by atoms with Crippen LogP contribution in [0.3, 0.4) is 0 Å². The fourth-order valence-electron chi connectivity index (χ4n) is 2.44. The second-order valence-corrected chi connectivity index (χ2v) is 6.43. The summed E-state index contributed by atoms with van der Waals surface area (Å²) in [5, 5.41) is 16.1. The summed E-state index contributed by atoms with van der Waals surface area (Å²) in [6, 6.07) is 4.26. The smallest absolute Gasteiger partial charge is 0.263 e. The molecule has 2 aromatic rings. The predicted octanol–water partition coefficient (Wildman–Crippen LogP) is 2.15. The third-order valence-corrected chi connectivity index (χ3v) is 5.22. The van der Waals surface area contributed by atoms with Gasteiger partial charge in [-0.3, -0.25) is 4.79 Å². The fraction of sp³-hybridized carbons (Fsp3) is 0.357. The van der Waals surface area contributed by atoms with Crippen LogP contribution in [0.5, 0.6) is 0 Å². The molecule has 1 amide bonds. The van der Waals surface area contributed by atoms with E-state index in [0.717, 1.165) is 17.9 Å². The quantitative estimate of drug-likeness (QED) is 0.791. The number of carbonyl (C=O) groups is 1. The third kappa shape index (κ3) is 2.76. The van der Waals surface area contributed by atoms with Crippen molar-refractivity contribution >= 4 is 38.9 Å². The minimum absolute atomic E-state index is 0.129. The lowest BCUT2D eigenvalue weighted by atomic mass is 10.0. The Balaban J connectivity index is 1.88. The van der Waals surface area contributed by atoms with Gasteiger partial charge in [0.05, 0.1) is 17.2 Å². The van der Waals surface area contributed by atoms with Gasteiger partial charge in [-0.2, -0.15) is 0 Å². The Bertz CT molecular complexity index is 691. The van der Waals surface area contributed by atoms with Crippen molar-refractivity contribution in [1.29, 1.82) is 0 Å². The highest BCUT2D eigenvalue weighted by Crippen LogP contribution is 2.36. The number of thiophene rings is 1. The normalized spacial score (nSPS) is 22.4. The molecule has 7 heteroatoms. The molecule has 1 aromatic heterocycles. The maximum absolute atomic E-state index is 13.8. The SMILES string of the molecule is O=C(N[C@@H]1CNCC[C@H]1O)c1sc2cccc(F)c2c1Cl. The maximum atomic E-state index is 13.8. The van der Waals surface area contributed by atoms with E-state index in [-0.39, 0.29) is 27.2 Å². The molecule has 0 saturated carbocycles. The van der Waals surface area contributed by atoms with Crippen LogP contribution in [-0.4, -0.2) is 36.2 Å². The van der Waals surface area contributed by atoms with Crippen molar-refractivity contribution in [1.82, 2.24) is 10.6 Å². The van der Waals surface area contributed by atoms with Crippen LogP contribution >= 0.6 is 22.9 Å². The van der Waals surface area contributed by atoms with Crippen molar-refractivity contribution in [2.24, 2.45) is 0 Å². The number of aliphatic hydroxyl groups excluding tert-OH is 1. The van der Waals surface area contributed by atoms with Crippen molar-refractivity contribution < 1.29 is 14.3 Å². The molecule has 0 aliphatic carbocycles. The van der Waals surface area contributed by atoms with Gasteiger partial charge in [0.1, 0.15) is 10.7 Å². The molecule has 3 rings (SSSR count). The molecule has 2 heterocycles. The molecule has 112 valence electrons. The Morgan fingerprint density at radius 1 is 1.52 bits per heavy atom. The summed E-state index contributed by atoms with van der Waals surface area (Å²) < 4.78 is 14.4. The van der Waals surface area contributed by atoms with Gasteiger partial charge >= 0.3 is 0 Å². The van der Waals surface area contributed by atoms with Crippen LogP contribution in [0.1, 0.15) is 16.1 Å². The molecular formula is C14H14ClFN2O2S. The van der Waals surface area contributed by atoms with E-state index in [1.165, 1.54) is 6.07 Å². The maximum Gasteiger partial charge on any atom is 0.263 e. The topological polar surface area (TPSA) is 61.4 Å². The van der Waals surface area contributed by atoms with Crippen molar-refractivity contribution in [3.05, 3.63) is 33.9 Å². The van der Waals surface area contributed by atoms with Gasteiger partial charge in [-0.25, -0.2) is 4.39 Å². The Labute approximate surface area is 129 Å². The summed E-state index contributed by atoms with van der Waals surface area (Å²) in [4.78, 5) is 12.6. The van der Waals surface area contributed by atoms with Gasteiger partial charge in [0.2, 0.25) is 0 Å². The molecule has 1 aliphatic heterocycles. The van der Waals surface area contributed by atoms with Gasteiger partial charge < -0.3 is 15.7 Å². The number of amides is 1. The van der Waals surface area contributed by atoms with Gasteiger partial charge in [-0.15, -0.1) is 11.3 Å². The lowest BCUT2D eigenvalue weighted by Crippen LogP contribution is -2.53. The van der Waals surface area contributed by atoms with E-state index in [0.29, 0.717) is 17.7 Å². The lowest BCUT2D eigenvalue weighted by molar-refractivity contribution is 0.0758. The molecular weight excluding hydrogens is 315 g/mol. The fourth-order valence-corrected chi connectivity index (χ4v) is 3.90. The Morgan fingerprint density at radius 2 is 2.33 bits per heavy atom. The number of carbonyl (C=O) groups excluding carboxylic acids is 1. The summed E-state index contributed by atoms with van der Waals surface area (Å²) in [7, 11) is 0. The van der Waals surface area contributed by atoms with Crippen molar-refractivity contribution in [2.45, 2.75) is 18.6 Å². The van der Waals surface area contributed by atoms with Crippen LogP contribution in [0.25, 0.3) is 10.1 Å². The van der Waals surface area contributed by atoms with Gasteiger partial charge in [-0.1, -0.05) is 17.7 Å². The number of aliphatic hydroxyl groups is 1. The van der Waals surface area contributed by atoms with E-state index < -0.39 is 11.9 Å². The minimum atomic E-state index is -0.583. The van der Waals surface area contributed by atoms with E-state index in [1.807, 2.05) is 0 Å². The number of rotatable bonds is 2. The summed E-state index contributed by atoms with van der Waals surface area (Å²) in [5.41, 5.74) is 0. The monoisotopic (exact) mass is 328 g/mol. The number of fused-ring (bicyclic) bond motifs is 1. The van der Waals surface area contributed by atoms with E-state index in [1.54, 1.807) is 12.1 Å². The van der Waals surface area contributed by atoms with Crippen LogP contribution in [0.4, 0.5) is 4.39 Å². The first-order valence-electron chi connectivity index (χ1n) is 6.64. The third-order valence-electron chi connectivity index (χ3n) is 3.57. The summed E-state index contributed by atoms with van der Waals surface area (Å²) in [6.45, 7) is 1.23. The van der Waals surface area contributed by atoms with Crippen LogP contribution in [0, 0.1) is 5.82 Å². The largest absolute Gasteiger partial charge is 0.391 e. The molecule has 1 saturated heterocycles. The molecule has 0 spiro atoms. The molecule has 2 atom stereocenters. The van der Waals surface area contributed by atoms with Gasteiger partial charge in [-0.05, 0) is 25.1 Å². The van der Waals surface area contributed by atoms with Gasteiger partial charge in [0.25, 0.3) is 5.91 Å². The average molecular weight is 329 g/mol. The molecule has 21 heavy (non-hydrogen) atoms. The molecule has 1 fully saturated rings. The van der Waals surface area contributed by atoms with Crippen molar-refractivity contribution in [2.75, 3.05) is 13.1 Å². The highest BCUT2D eigenvalue weighted by Gasteiger charge is 2.27. The zero-order valence-corrected chi connectivity index (χ0v) is 12.6. The first-order valence-corrected chi connectivity index (χ1v) is 7.83. The van der Waals surface area contributed by atoms with Crippen molar-refractivity contribution in [3.63, 3.8) is 0 Å². The van der Waals surface area contributed by atoms with E-state index in [4.69, 9.17) is 11.6 Å². The number of halogens is 2. The van der Waals surface area contributed by atoms with Gasteiger partial charge in [0, 0.05) is 16.6 Å². The summed E-state index contributed by atoms with van der Waals surface area (Å²) in [5.74, 6) is -0.819. The minimum Gasteiger partial charge on any atom is -0.391 e. The second kappa shape index (κ2) is 5.88. The number of benzene rings is 1. The summed E-state index contributed by atoms with van der Waals surface area (Å²) in [6.07, 6.45) is -0.000192. The Morgan fingerprint density at radius 3 is 3.05 bits per heavy atom. The average Bonchev–Trinajstić information content (AvgIpc) is 2.80. The first kappa shape index (κ1) is 14.7. The van der Waals surface area contributed by atoms with E-state index in [9.17, 15) is 14.3 Å². The molecule has 4 nitrogen and oxygen atoms in total. The van der Waals surface area contributed by atoms with E-state index in [2.05, 4.69) is 10.6 Å². The molecule has 0 bridgehead atoms.